The van der Waals surface area contributed by atoms with Gasteiger partial charge in [-0.1, -0.05) is 252 Å². The van der Waals surface area contributed by atoms with Crippen LogP contribution in [0.1, 0.15) is 290 Å². The number of aliphatic hydroxyl groups is 1. The van der Waals surface area contributed by atoms with E-state index in [0.29, 0.717) is 19.3 Å². The van der Waals surface area contributed by atoms with Gasteiger partial charge in [0.05, 0.1) is 19.8 Å². The number of ether oxygens (including phenoxy) is 3. The molecule has 0 fully saturated rings. The highest BCUT2D eigenvalue weighted by atomic mass is 31.2. The minimum Gasteiger partial charge on any atom is -0.462 e. The number of esters is 3. The summed E-state index contributed by atoms with van der Waals surface area (Å²) in [6, 6.07) is 0. The molecule has 0 aliphatic rings. The van der Waals surface area contributed by atoms with Gasteiger partial charge >= 0.3 is 25.7 Å². The van der Waals surface area contributed by atoms with Crippen molar-refractivity contribution in [2.24, 2.45) is 0 Å². The minimum atomic E-state index is -4.72. The second-order valence-corrected chi connectivity index (χ2v) is 20.6. The molecule has 66 heavy (non-hydrogen) atoms. The van der Waals surface area contributed by atoms with E-state index < -0.39 is 57.8 Å². The molecule has 0 bridgehead atoms. The Morgan fingerprint density at radius 1 is 0.364 bits per heavy atom. The largest absolute Gasteiger partial charge is 0.472 e. The lowest BCUT2D eigenvalue weighted by molar-refractivity contribution is -0.161. The Balaban J connectivity index is 4.59. The van der Waals surface area contributed by atoms with Gasteiger partial charge in [-0.2, -0.15) is 0 Å². The first-order valence-electron chi connectivity index (χ1n) is 27.9. The Labute approximate surface area is 405 Å². The van der Waals surface area contributed by atoms with Crippen molar-refractivity contribution in [2.45, 2.75) is 303 Å². The number of hydrogen-bond donors (Lipinski definition) is 2. The summed E-state index contributed by atoms with van der Waals surface area (Å²) in [5, 5.41) is 9.75. The average Bonchev–Trinajstić information content (AvgIpc) is 3.30. The third-order valence-corrected chi connectivity index (χ3v) is 13.5. The lowest BCUT2D eigenvalue weighted by Crippen LogP contribution is -2.30. The van der Waals surface area contributed by atoms with E-state index in [1.54, 1.807) is 0 Å². The first kappa shape index (κ1) is 64.5. The molecule has 2 N–H and O–H groups in total. The van der Waals surface area contributed by atoms with E-state index in [4.69, 9.17) is 23.3 Å². The quantitative estimate of drug-likeness (QED) is 0.0259. The van der Waals surface area contributed by atoms with E-state index in [2.05, 4.69) is 20.8 Å². The van der Waals surface area contributed by atoms with E-state index in [-0.39, 0.29) is 25.9 Å². The maximum atomic E-state index is 12.8. The maximum absolute atomic E-state index is 12.8. The fourth-order valence-corrected chi connectivity index (χ4v) is 9.02. The highest BCUT2D eigenvalue weighted by Gasteiger charge is 2.28. The molecule has 0 aliphatic heterocycles. The Bertz CT molecular complexity index is 1120. The van der Waals surface area contributed by atoms with Crippen LogP contribution >= 0.6 is 7.82 Å². The zero-order valence-corrected chi connectivity index (χ0v) is 44.1. The number of unbranched alkanes of at least 4 members (excludes halogenated alkanes) is 36. The number of phosphoric acid groups is 1. The molecule has 12 heteroatoms. The van der Waals surface area contributed by atoms with Gasteiger partial charge in [-0.25, -0.2) is 4.57 Å². The topological polar surface area (TPSA) is 155 Å². The molecule has 392 valence electrons. The number of carbonyl (C=O) groups excluding carboxylic acids is 3. The zero-order chi connectivity index (χ0) is 48.4. The zero-order valence-electron chi connectivity index (χ0n) is 43.2. The van der Waals surface area contributed by atoms with Crippen LogP contribution in [0.25, 0.3) is 0 Å². The van der Waals surface area contributed by atoms with Crippen LogP contribution in [0, 0.1) is 0 Å². The third-order valence-electron chi connectivity index (χ3n) is 12.5. The Morgan fingerprint density at radius 2 is 0.606 bits per heavy atom. The van der Waals surface area contributed by atoms with Crippen molar-refractivity contribution >= 4 is 25.7 Å². The molecule has 3 atom stereocenters. The molecule has 0 heterocycles. The minimum absolute atomic E-state index is 0.177. The normalized spacial score (nSPS) is 13.3. The number of phosphoric ester groups is 1. The smallest absolute Gasteiger partial charge is 0.462 e. The van der Waals surface area contributed by atoms with Crippen LogP contribution in [0.15, 0.2) is 0 Å². The van der Waals surface area contributed by atoms with Gasteiger partial charge in [-0.05, 0) is 19.3 Å². The molecule has 0 rings (SSSR count). The standard InChI is InChI=1S/C54H105O11P/c1-4-7-10-13-16-19-21-22-23-24-25-26-27-28-30-32-34-37-40-43-52(56)61-47-51(65-54(58)45-42-39-36-33-29-20-17-14-11-8-5-2)49-63-66(59,60)62-48-50(46-55)64-53(57)44-41-38-35-31-18-15-12-9-6-3/h50-51,55H,4-49H2,1-3H3,(H,59,60). The van der Waals surface area contributed by atoms with Crippen LogP contribution < -0.4 is 0 Å². The SMILES string of the molecule is CCCCCCCCCCCCCCCCCCCCCC(=O)OCC(COP(=O)(O)OCC(CO)OC(=O)CCCCCCCCCCC)OC(=O)CCCCCCCCCCCCC. The van der Waals surface area contributed by atoms with Gasteiger partial charge in [0.25, 0.3) is 0 Å². The lowest BCUT2D eigenvalue weighted by Gasteiger charge is -2.21. The van der Waals surface area contributed by atoms with E-state index in [9.17, 15) is 28.9 Å². The molecule has 0 saturated heterocycles. The molecule has 0 amide bonds. The first-order chi connectivity index (χ1) is 32.2. The van der Waals surface area contributed by atoms with Gasteiger partial charge in [0.1, 0.15) is 12.7 Å². The molecule has 0 aromatic carbocycles. The average molecular weight is 961 g/mol. The van der Waals surface area contributed by atoms with Crippen molar-refractivity contribution in [3.8, 4) is 0 Å². The van der Waals surface area contributed by atoms with E-state index in [1.807, 2.05) is 0 Å². The Kier molecular flexibility index (Phi) is 48.7. The number of hydrogen-bond acceptors (Lipinski definition) is 10. The molecular formula is C54H105O11P. The summed E-state index contributed by atoms with van der Waals surface area (Å²) < 4.78 is 39.4. The van der Waals surface area contributed by atoms with Crippen LogP contribution in [0.5, 0.6) is 0 Å². The van der Waals surface area contributed by atoms with Crippen LogP contribution in [-0.4, -0.2) is 66.5 Å². The second-order valence-electron chi connectivity index (χ2n) is 19.1. The van der Waals surface area contributed by atoms with Gasteiger partial charge < -0.3 is 24.2 Å². The van der Waals surface area contributed by atoms with Crippen molar-refractivity contribution in [3.05, 3.63) is 0 Å². The van der Waals surface area contributed by atoms with Crippen molar-refractivity contribution < 1.29 is 52.2 Å². The van der Waals surface area contributed by atoms with Crippen LogP contribution in [0.2, 0.25) is 0 Å². The first-order valence-corrected chi connectivity index (χ1v) is 29.4. The van der Waals surface area contributed by atoms with Crippen LogP contribution in [0.4, 0.5) is 0 Å². The van der Waals surface area contributed by atoms with Gasteiger partial charge in [-0.3, -0.25) is 23.4 Å². The van der Waals surface area contributed by atoms with E-state index in [1.165, 1.54) is 173 Å². The number of rotatable bonds is 53. The highest BCUT2D eigenvalue weighted by Crippen LogP contribution is 2.43. The van der Waals surface area contributed by atoms with E-state index >= 15 is 0 Å². The summed E-state index contributed by atoms with van der Waals surface area (Å²) in [5.74, 6) is -1.43. The fourth-order valence-electron chi connectivity index (χ4n) is 8.24. The van der Waals surface area contributed by atoms with Crippen molar-refractivity contribution in [1.82, 2.24) is 0 Å². The summed E-state index contributed by atoms with van der Waals surface area (Å²) in [5.41, 5.74) is 0. The molecule has 0 aromatic heterocycles. The maximum Gasteiger partial charge on any atom is 0.472 e. The fraction of sp³-hybridized carbons (Fsp3) is 0.944. The second kappa shape index (κ2) is 49.9. The Morgan fingerprint density at radius 3 is 0.894 bits per heavy atom. The van der Waals surface area contributed by atoms with E-state index in [0.717, 1.165) is 57.8 Å². The van der Waals surface area contributed by atoms with Gasteiger partial charge in [0, 0.05) is 19.3 Å². The number of carbonyl (C=O) groups is 3. The molecule has 0 saturated carbocycles. The highest BCUT2D eigenvalue weighted by molar-refractivity contribution is 7.47. The summed E-state index contributed by atoms with van der Waals surface area (Å²) in [4.78, 5) is 48.3. The summed E-state index contributed by atoms with van der Waals surface area (Å²) in [6.45, 7) is 4.66. The monoisotopic (exact) mass is 961 g/mol. The van der Waals surface area contributed by atoms with Crippen LogP contribution in [0.3, 0.4) is 0 Å². The molecule has 0 aromatic rings. The van der Waals surface area contributed by atoms with Gasteiger partial charge in [0.2, 0.25) is 0 Å². The number of aliphatic hydroxyl groups excluding tert-OH is 1. The third kappa shape index (κ3) is 47.5. The van der Waals surface area contributed by atoms with Gasteiger partial charge in [-0.15, -0.1) is 0 Å². The molecular weight excluding hydrogens is 856 g/mol. The molecule has 3 unspecified atom stereocenters. The van der Waals surface area contributed by atoms with Crippen molar-refractivity contribution in [3.63, 3.8) is 0 Å². The van der Waals surface area contributed by atoms with Crippen molar-refractivity contribution in [1.29, 1.82) is 0 Å². The lowest BCUT2D eigenvalue weighted by atomic mass is 10.0. The summed E-state index contributed by atoms with van der Waals surface area (Å²) in [6.07, 6.45) is 45.1. The molecule has 0 radical (unpaired) electrons. The predicted molar refractivity (Wildman–Crippen MR) is 270 cm³/mol. The predicted octanol–water partition coefficient (Wildman–Crippen LogP) is 15.9. The summed E-state index contributed by atoms with van der Waals surface area (Å²) in [7, 11) is -4.72. The Hall–Kier alpha value is -1.52. The van der Waals surface area contributed by atoms with Crippen LogP contribution in [-0.2, 0) is 42.2 Å². The van der Waals surface area contributed by atoms with Crippen molar-refractivity contribution in [2.75, 3.05) is 26.4 Å². The van der Waals surface area contributed by atoms with Gasteiger partial charge in [0.15, 0.2) is 6.10 Å². The molecule has 0 aliphatic carbocycles. The molecule has 11 nitrogen and oxygen atoms in total. The molecule has 0 spiro atoms. The summed E-state index contributed by atoms with van der Waals surface area (Å²) >= 11 is 0.